The van der Waals surface area contributed by atoms with E-state index in [2.05, 4.69) is 21.2 Å². The van der Waals surface area contributed by atoms with E-state index < -0.39 is 11.8 Å². The predicted molar refractivity (Wildman–Crippen MR) is 91.4 cm³/mol. The molecular weight excluding hydrogens is 359 g/mol. The van der Waals surface area contributed by atoms with Crippen molar-refractivity contribution in [3.05, 3.63) is 63.9 Å². The number of rotatable bonds is 2. The quantitative estimate of drug-likeness (QED) is 0.559. The van der Waals surface area contributed by atoms with Crippen LogP contribution >= 0.6 is 35.4 Å². The predicted octanol–water partition coefficient (Wildman–Crippen LogP) is 2.34. The van der Waals surface area contributed by atoms with Crippen molar-refractivity contribution in [3.8, 4) is 0 Å². The molecule has 6 nitrogen and oxygen atoms in total. The van der Waals surface area contributed by atoms with Crippen LogP contribution in [0.15, 0.2) is 42.7 Å². The van der Waals surface area contributed by atoms with Gasteiger partial charge >= 0.3 is 0 Å². The Morgan fingerprint density at radius 1 is 1.00 bits per heavy atom. The second-order valence-electron chi connectivity index (χ2n) is 4.20. The fourth-order valence-corrected chi connectivity index (χ4v) is 2.10. The van der Waals surface area contributed by atoms with Gasteiger partial charge in [0, 0.05) is 18.0 Å². The van der Waals surface area contributed by atoms with Gasteiger partial charge in [-0.25, -0.2) is 0 Å². The third-order valence-electron chi connectivity index (χ3n) is 2.66. The van der Waals surface area contributed by atoms with E-state index in [4.69, 9.17) is 35.4 Å². The minimum atomic E-state index is -0.548. The van der Waals surface area contributed by atoms with Gasteiger partial charge in [-0.15, -0.1) is 0 Å². The molecule has 0 saturated carbocycles. The van der Waals surface area contributed by atoms with Crippen molar-refractivity contribution in [1.82, 2.24) is 21.2 Å². The largest absolute Gasteiger partial charge is 0.298 e. The van der Waals surface area contributed by atoms with Crippen LogP contribution in [0.4, 0.5) is 0 Å². The third-order valence-corrected chi connectivity index (χ3v) is 3.68. The molecule has 3 N–H and O–H groups in total. The summed E-state index contributed by atoms with van der Waals surface area (Å²) in [5.74, 6) is -0.974. The standard InChI is InChI=1S/C14H10Cl2N4O2S/c15-10-3-1-2-9(11(10)16)13(22)18-14(23)20-19-12(21)8-4-6-17-7-5-8/h1-7H,(H,19,21)(H2,18,20,22,23). The number of hydrogen-bond acceptors (Lipinski definition) is 4. The monoisotopic (exact) mass is 368 g/mol. The summed E-state index contributed by atoms with van der Waals surface area (Å²) in [6.45, 7) is 0. The number of nitrogens with zero attached hydrogens (tertiary/aromatic N) is 1. The van der Waals surface area contributed by atoms with Crippen molar-refractivity contribution < 1.29 is 9.59 Å². The van der Waals surface area contributed by atoms with E-state index in [1.807, 2.05) is 0 Å². The van der Waals surface area contributed by atoms with Gasteiger partial charge in [-0.3, -0.25) is 30.7 Å². The zero-order valence-corrected chi connectivity index (χ0v) is 13.8. The fraction of sp³-hybridized carbons (Fsp3) is 0. The van der Waals surface area contributed by atoms with Crippen LogP contribution in [0.3, 0.4) is 0 Å². The molecule has 9 heteroatoms. The molecular formula is C14H10Cl2N4O2S. The molecule has 0 bridgehead atoms. The van der Waals surface area contributed by atoms with Crippen molar-refractivity contribution in [2.24, 2.45) is 0 Å². The Morgan fingerprint density at radius 3 is 2.39 bits per heavy atom. The summed E-state index contributed by atoms with van der Waals surface area (Å²) in [5.41, 5.74) is 5.33. The Bertz CT molecular complexity index is 756. The van der Waals surface area contributed by atoms with Crippen LogP contribution in [0.1, 0.15) is 20.7 Å². The lowest BCUT2D eigenvalue weighted by molar-refractivity contribution is 0.0934. The lowest BCUT2D eigenvalue weighted by atomic mass is 10.2. The first-order valence-electron chi connectivity index (χ1n) is 6.24. The fourth-order valence-electron chi connectivity index (χ4n) is 1.57. The van der Waals surface area contributed by atoms with E-state index in [9.17, 15) is 9.59 Å². The highest BCUT2D eigenvalue weighted by atomic mass is 35.5. The first kappa shape index (κ1) is 17.1. The highest BCUT2D eigenvalue weighted by molar-refractivity contribution is 7.80. The van der Waals surface area contributed by atoms with Crippen LogP contribution in [-0.2, 0) is 0 Å². The van der Waals surface area contributed by atoms with Crippen LogP contribution in [0.2, 0.25) is 10.0 Å². The number of aromatic nitrogens is 1. The number of hydrogen-bond donors (Lipinski definition) is 3. The lowest BCUT2D eigenvalue weighted by Gasteiger charge is -2.11. The summed E-state index contributed by atoms with van der Waals surface area (Å²) < 4.78 is 0. The molecule has 0 unspecified atom stereocenters. The second-order valence-corrected chi connectivity index (χ2v) is 5.39. The molecule has 0 spiro atoms. The summed E-state index contributed by atoms with van der Waals surface area (Å²) in [5, 5.41) is 2.67. The first-order valence-corrected chi connectivity index (χ1v) is 7.41. The maximum atomic E-state index is 12.0. The number of amides is 2. The molecule has 0 radical (unpaired) electrons. The maximum Gasteiger partial charge on any atom is 0.269 e. The van der Waals surface area contributed by atoms with E-state index in [0.29, 0.717) is 5.56 Å². The van der Waals surface area contributed by atoms with Crippen molar-refractivity contribution in [3.63, 3.8) is 0 Å². The number of carbonyl (C=O) groups excluding carboxylic acids is 2. The number of thiocarbonyl (C=S) groups is 1. The molecule has 2 amide bonds. The third kappa shape index (κ3) is 4.62. The molecule has 0 fully saturated rings. The lowest BCUT2D eigenvalue weighted by Crippen LogP contribution is -2.48. The van der Waals surface area contributed by atoms with Crippen LogP contribution < -0.4 is 16.2 Å². The Kier molecular flexibility index (Phi) is 5.86. The van der Waals surface area contributed by atoms with Crippen molar-refractivity contribution in [2.75, 3.05) is 0 Å². The summed E-state index contributed by atoms with van der Waals surface area (Å²) in [6.07, 6.45) is 2.96. The molecule has 0 aliphatic carbocycles. The van der Waals surface area contributed by atoms with Gasteiger partial charge in [-0.1, -0.05) is 29.3 Å². The van der Waals surface area contributed by atoms with Gasteiger partial charge in [-0.05, 0) is 36.5 Å². The van der Waals surface area contributed by atoms with Gasteiger partial charge in [-0.2, -0.15) is 0 Å². The number of nitrogens with one attached hydrogen (secondary N) is 3. The molecule has 2 aromatic rings. The van der Waals surface area contributed by atoms with Crippen LogP contribution in [0.5, 0.6) is 0 Å². The van der Waals surface area contributed by atoms with Crippen LogP contribution in [-0.4, -0.2) is 21.9 Å². The van der Waals surface area contributed by atoms with E-state index in [1.165, 1.54) is 30.6 Å². The zero-order valence-electron chi connectivity index (χ0n) is 11.5. The minimum Gasteiger partial charge on any atom is -0.298 e. The summed E-state index contributed by atoms with van der Waals surface area (Å²) in [4.78, 5) is 27.6. The number of carbonyl (C=O) groups is 2. The van der Waals surface area contributed by atoms with E-state index in [1.54, 1.807) is 12.1 Å². The van der Waals surface area contributed by atoms with Crippen molar-refractivity contribution >= 4 is 52.3 Å². The van der Waals surface area contributed by atoms with Gasteiger partial charge in [0.2, 0.25) is 0 Å². The first-order chi connectivity index (χ1) is 11.0. The Balaban J connectivity index is 1.91. The molecule has 1 aromatic carbocycles. The van der Waals surface area contributed by atoms with Crippen molar-refractivity contribution in [1.29, 1.82) is 0 Å². The van der Waals surface area contributed by atoms with E-state index in [-0.39, 0.29) is 20.7 Å². The number of hydrazine groups is 1. The van der Waals surface area contributed by atoms with Crippen LogP contribution in [0.25, 0.3) is 0 Å². The maximum absolute atomic E-state index is 12.0. The number of halogens is 2. The zero-order chi connectivity index (χ0) is 16.8. The summed E-state index contributed by atoms with van der Waals surface area (Å²) in [7, 11) is 0. The van der Waals surface area contributed by atoms with Gasteiger partial charge in [0.25, 0.3) is 11.8 Å². The summed E-state index contributed by atoms with van der Waals surface area (Å²) in [6, 6.07) is 7.72. The number of pyridine rings is 1. The molecule has 118 valence electrons. The molecule has 0 saturated heterocycles. The summed E-state index contributed by atoms with van der Waals surface area (Å²) >= 11 is 16.7. The molecule has 0 atom stereocenters. The van der Waals surface area contributed by atoms with Gasteiger partial charge in [0.05, 0.1) is 15.6 Å². The Labute approximate surface area is 147 Å². The average Bonchev–Trinajstić information content (AvgIpc) is 2.55. The highest BCUT2D eigenvalue weighted by Crippen LogP contribution is 2.25. The van der Waals surface area contributed by atoms with Crippen LogP contribution in [0, 0.1) is 0 Å². The molecule has 2 rings (SSSR count). The van der Waals surface area contributed by atoms with Gasteiger partial charge in [0.15, 0.2) is 5.11 Å². The van der Waals surface area contributed by atoms with Gasteiger partial charge in [0.1, 0.15) is 0 Å². The molecule has 1 aromatic heterocycles. The average molecular weight is 369 g/mol. The van der Waals surface area contributed by atoms with Gasteiger partial charge < -0.3 is 0 Å². The Hall–Kier alpha value is -2.22. The SMILES string of the molecule is O=C(NNC(=S)NC(=O)c1cccc(Cl)c1Cl)c1ccncc1. The number of benzene rings is 1. The molecule has 1 heterocycles. The Morgan fingerprint density at radius 2 is 1.70 bits per heavy atom. The second kappa shape index (κ2) is 7.87. The molecule has 0 aliphatic heterocycles. The molecule has 23 heavy (non-hydrogen) atoms. The highest BCUT2D eigenvalue weighted by Gasteiger charge is 2.14. The smallest absolute Gasteiger partial charge is 0.269 e. The molecule has 0 aliphatic rings. The van der Waals surface area contributed by atoms with E-state index >= 15 is 0 Å². The van der Waals surface area contributed by atoms with E-state index in [0.717, 1.165) is 0 Å². The normalized spacial score (nSPS) is 9.83. The topological polar surface area (TPSA) is 83.1 Å². The minimum absolute atomic E-state index is 0.0894. The van der Waals surface area contributed by atoms with Crippen molar-refractivity contribution in [2.45, 2.75) is 0 Å².